The molecule has 0 fully saturated rings. The summed E-state index contributed by atoms with van der Waals surface area (Å²) >= 11 is 9.76. The number of carbonyl (C=O) groups excluding carboxylic acids is 1. The fourth-order valence-electron chi connectivity index (χ4n) is 3.87. The molecule has 0 unspecified atom stereocenters. The van der Waals surface area contributed by atoms with Crippen molar-refractivity contribution in [1.29, 1.82) is 0 Å². The number of aromatic hydroxyl groups is 1. The lowest BCUT2D eigenvalue weighted by Crippen LogP contribution is -2.14. The van der Waals surface area contributed by atoms with Crippen LogP contribution < -0.4 is 5.32 Å². The summed E-state index contributed by atoms with van der Waals surface area (Å²) in [5.74, 6) is -0.0785. The number of nitrogens with one attached hydrogen (secondary N) is 1. The summed E-state index contributed by atoms with van der Waals surface area (Å²) in [6.07, 6.45) is 2.24. The molecule has 2 N–H and O–H groups in total. The van der Waals surface area contributed by atoms with Crippen LogP contribution in [0.5, 0.6) is 5.75 Å². The largest absolute Gasteiger partial charge is 0.506 e. The Morgan fingerprint density at radius 2 is 1.73 bits per heavy atom. The number of anilines is 1. The third-order valence-corrected chi connectivity index (χ3v) is 6.95. The van der Waals surface area contributed by atoms with Gasteiger partial charge in [-0.15, -0.1) is 0 Å². The van der Waals surface area contributed by atoms with Crippen molar-refractivity contribution in [3.05, 3.63) is 122 Å². The predicted octanol–water partition coefficient (Wildman–Crippen LogP) is 8.70. The second-order valence-electron chi connectivity index (χ2n) is 9.87. The van der Waals surface area contributed by atoms with Crippen molar-refractivity contribution in [3.8, 4) is 5.75 Å². The Morgan fingerprint density at radius 3 is 2.43 bits per heavy atom. The Balaban J connectivity index is 1.50. The van der Waals surface area contributed by atoms with Gasteiger partial charge in [-0.3, -0.25) is 9.79 Å². The molecule has 4 nitrogen and oxygen atoms in total. The second kappa shape index (κ2) is 11.3. The molecule has 188 valence electrons. The van der Waals surface area contributed by atoms with Crippen molar-refractivity contribution >= 4 is 51.0 Å². The van der Waals surface area contributed by atoms with Gasteiger partial charge in [-0.05, 0) is 93.0 Å². The molecular formula is C31H28BrClN2O2. The van der Waals surface area contributed by atoms with Gasteiger partial charge in [0.05, 0.1) is 10.2 Å². The number of phenols is 1. The molecule has 0 aliphatic heterocycles. The fraction of sp³-hybridized carbons (Fsp3) is 0.161. The van der Waals surface area contributed by atoms with Crippen LogP contribution in [-0.4, -0.2) is 17.2 Å². The third-order valence-electron chi connectivity index (χ3n) is 5.97. The molecule has 4 aromatic rings. The van der Waals surface area contributed by atoms with Crippen molar-refractivity contribution in [1.82, 2.24) is 0 Å². The van der Waals surface area contributed by atoms with Crippen LogP contribution in [0.4, 0.5) is 11.4 Å². The highest BCUT2D eigenvalue weighted by molar-refractivity contribution is 9.10. The highest BCUT2D eigenvalue weighted by atomic mass is 79.9. The SMILES string of the molecule is CC(C)(C)c1ccc(C(=O)Nc2cccc(N=Cc3cc(Cc4ccccc4Cl)cc(Br)c3O)c2)cc1. The monoisotopic (exact) mass is 574 g/mol. The third kappa shape index (κ3) is 6.88. The zero-order chi connectivity index (χ0) is 26.6. The lowest BCUT2D eigenvalue weighted by atomic mass is 9.87. The molecule has 0 aromatic heterocycles. The number of carbonyl (C=O) groups is 1. The maximum atomic E-state index is 12.8. The second-order valence-corrected chi connectivity index (χ2v) is 11.1. The highest BCUT2D eigenvalue weighted by Gasteiger charge is 2.14. The topological polar surface area (TPSA) is 61.7 Å². The molecular weight excluding hydrogens is 548 g/mol. The van der Waals surface area contributed by atoms with Gasteiger partial charge < -0.3 is 10.4 Å². The normalized spacial score (nSPS) is 11.6. The number of hydrogen-bond acceptors (Lipinski definition) is 3. The minimum atomic E-state index is -0.185. The van der Waals surface area contributed by atoms with Gasteiger partial charge >= 0.3 is 0 Å². The van der Waals surface area contributed by atoms with Crippen LogP contribution in [0.25, 0.3) is 0 Å². The summed E-state index contributed by atoms with van der Waals surface area (Å²) in [5, 5.41) is 14.2. The molecule has 0 spiro atoms. The Bertz CT molecular complexity index is 1460. The van der Waals surface area contributed by atoms with E-state index in [0.717, 1.165) is 11.1 Å². The van der Waals surface area contributed by atoms with Gasteiger partial charge in [-0.1, -0.05) is 68.8 Å². The van der Waals surface area contributed by atoms with E-state index in [0.29, 0.717) is 38.4 Å². The standard InChI is InChI=1S/C31H28BrClN2O2/c1-31(2,3)24-13-11-21(12-14-24)30(37)35-26-9-6-8-25(18-26)34-19-23-16-20(17-27(32)29(23)36)15-22-7-4-5-10-28(22)33/h4-14,16-19,36H,15H2,1-3H3,(H,35,37). The number of hydrogen-bond donors (Lipinski definition) is 2. The van der Waals surface area contributed by atoms with Gasteiger partial charge in [0, 0.05) is 28.1 Å². The Kier molecular flexibility index (Phi) is 8.16. The summed E-state index contributed by atoms with van der Waals surface area (Å²) in [4.78, 5) is 17.3. The number of aliphatic imine (C=N–C) groups is 1. The van der Waals surface area contributed by atoms with Gasteiger partial charge in [-0.25, -0.2) is 0 Å². The number of halogens is 2. The number of rotatable bonds is 6. The van der Waals surface area contributed by atoms with Crippen molar-refractivity contribution in [2.45, 2.75) is 32.6 Å². The average molecular weight is 576 g/mol. The van der Waals surface area contributed by atoms with E-state index in [1.54, 1.807) is 12.3 Å². The summed E-state index contributed by atoms with van der Waals surface area (Å²) in [7, 11) is 0. The van der Waals surface area contributed by atoms with Crippen LogP contribution in [0.1, 0.15) is 53.4 Å². The van der Waals surface area contributed by atoms with Gasteiger partial charge in [0.15, 0.2) is 0 Å². The fourth-order valence-corrected chi connectivity index (χ4v) is 4.60. The van der Waals surface area contributed by atoms with Crippen molar-refractivity contribution < 1.29 is 9.90 Å². The van der Waals surface area contributed by atoms with Crippen LogP contribution in [0.3, 0.4) is 0 Å². The van der Waals surface area contributed by atoms with E-state index in [1.807, 2.05) is 78.9 Å². The number of nitrogens with zero attached hydrogens (tertiary/aromatic N) is 1. The summed E-state index contributed by atoms with van der Waals surface area (Å²) in [6, 6.07) is 26.4. The van der Waals surface area contributed by atoms with Crippen molar-refractivity contribution in [2.24, 2.45) is 4.99 Å². The summed E-state index contributed by atoms with van der Waals surface area (Å²) in [5.41, 5.74) is 5.63. The number of phenolic OH excluding ortho intramolecular Hbond substituents is 1. The molecule has 0 saturated heterocycles. The zero-order valence-corrected chi connectivity index (χ0v) is 23.3. The van der Waals surface area contributed by atoms with Crippen LogP contribution in [0.2, 0.25) is 5.02 Å². The van der Waals surface area contributed by atoms with Crippen LogP contribution in [0, 0.1) is 0 Å². The molecule has 0 heterocycles. The highest BCUT2D eigenvalue weighted by Crippen LogP contribution is 2.31. The molecule has 0 aliphatic rings. The van der Waals surface area contributed by atoms with Crippen molar-refractivity contribution in [2.75, 3.05) is 5.32 Å². The molecule has 0 aliphatic carbocycles. The molecule has 1 amide bonds. The van der Waals surface area contributed by atoms with Crippen LogP contribution >= 0.6 is 27.5 Å². The van der Waals surface area contributed by atoms with E-state index in [2.05, 4.69) is 47.0 Å². The van der Waals surface area contributed by atoms with Crippen molar-refractivity contribution in [3.63, 3.8) is 0 Å². The molecule has 4 rings (SSSR count). The van der Waals surface area contributed by atoms with Gasteiger partial charge in [0.2, 0.25) is 0 Å². The molecule has 0 atom stereocenters. The summed E-state index contributed by atoms with van der Waals surface area (Å²) < 4.78 is 0.581. The average Bonchev–Trinajstić information content (AvgIpc) is 2.86. The van der Waals surface area contributed by atoms with Gasteiger partial charge in [0.1, 0.15) is 5.75 Å². The Labute approximate surface area is 231 Å². The maximum Gasteiger partial charge on any atom is 0.255 e. The first kappa shape index (κ1) is 26.6. The molecule has 6 heteroatoms. The first-order valence-corrected chi connectivity index (χ1v) is 13.1. The quantitative estimate of drug-likeness (QED) is 0.226. The molecule has 37 heavy (non-hydrogen) atoms. The first-order valence-electron chi connectivity index (χ1n) is 11.9. The zero-order valence-electron chi connectivity index (χ0n) is 20.9. The number of benzene rings is 4. The van der Waals surface area contributed by atoms with E-state index in [-0.39, 0.29) is 17.1 Å². The Morgan fingerprint density at radius 1 is 1.00 bits per heavy atom. The number of amides is 1. The smallest absolute Gasteiger partial charge is 0.255 e. The lowest BCUT2D eigenvalue weighted by molar-refractivity contribution is 0.102. The first-order chi connectivity index (χ1) is 17.6. The molecule has 0 radical (unpaired) electrons. The minimum Gasteiger partial charge on any atom is -0.506 e. The van der Waals surface area contributed by atoms with E-state index < -0.39 is 0 Å². The van der Waals surface area contributed by atoms with E-state index in [4.69, 9.17) is 11.6 Å². The maximum absolute atomic E-state index is 12.8. The predicted molar refractivity (Wildman–Crippen MR) is 157 cm³/mol. The van der Waals surface area contributed by atoms with Crippen LogP contribution in [0.15, 0.2) is 94.4 Å². The van der Waals surface area contributed by atoms with Crippen LogP contribution in [-0.2, 0) is 11.8 Å². The van der Waals surface area contributed by atoms with Gasteiger partial charge in [-0.2, -0.15) is 0 Å². The minimum absolute atomic E-state index is 0.0273. The van der Waals surface area contributed by atoms with E-state index >= 15 is 0 Å². The van der Waals surface area contributed by atoms with E-state index in [9.17, 15) is 9.90 Å². The lowest BCUT2D eigenvalue weighted by Gasteiger charge is -2.19. The Hall–Kier alpha value is -3.41. The molecule has 4 aromatic carbocycles. The van der Waals surface area contributed by atoms with Gasteiger partial charge in [0.25, 0.3) is 5.91 Å². The molecule has 0 bridgehead atoms. The summed E-state index contributed by atoms with van der Waals surface area (Å²) in [6.45, 7) is 6.42. The van der Waals surface area contributed by atoms with E-state index in [1.165, 1.54) is 5.56 Å². The molecule has 0 saturated carbocycles.